The molecule has 0 spiro atoms. The Labute approximate surface area is 85.0 Å². The van der Waals surface area contributed by atoms with Gasteiger partial charge in [0.15, 0.2) is 0 Å². The zero-order chi connectivity index (χ0) is 9.80. The molecule has 2 heteroatoms. The number of aromatic nitrogens is 1. The van der Waals surface area contributed by atoms with E-state index in [9.17, 15) is 0 Å². The molecular weight excluding hydrogens is 174 g/mol. The number of aliphatic hydroxyl groups is 1. The molecule has 14 heavy (non-hydrogen) atoms. The Bertz CT molecular complexity index is 294. The van der Waals surface area contributed by atoms with Crippen molar-refractivity contribution >= 4 is 0 Å². The molecule has 1 aliphatic carbocycles. The number of pyridine rings is 1. The first-order valence-corrected chi connectivity index (χ1v) is 5.43. The van der Waals surface area contributed by atoms with Crippen molar-refractivity contribution in [2.24, 2.45) is 5.92 Å². The Morgan fingerprint density at radius 3 is 3.00 bits per heavy atom. The monoisotopic (exact) mass is 191 g/mol. The third-order valence-corrected chi connectivity index (χ3v) is 2.82. The van der Waals surface area contributed by atoms with Gasteiger partial charge in [0.05, 0.1) is 12.3 Å². The first-order valence-electron chi connectivity index (χ1n) is 5.43. The van der Waals surface area contributed by atoms with Gasteiger partial charge in [0.25, 0.3) is 0 Å². The third-order valence-electron chi connectivity index (χ3n) is 2.82. The minimum Gasteiger partial charge on any atom is -0.390 e. The molecule has 0 unspecified atom stereocenters. The van der Waals surface area contributed by atoms with Crippen LogP contribution in [0.2, 0.25) is 0 Å². The molecule has 0 radical (unpaired) electrons. The van der Waals surface area contributed by atoms with Gasteiger partial charge in [0, 0.05) is 6.20 Å². The molecule has 0 atom stereocenters. The Morgan fingerprint density at radius 1 is 1.43 bits per heavy atom. The zero-order valence-electron chi connectivity index (χ0n) is 8.45. The quantitative estimate of drug-likeness (QED) is 0.774. The largest absolute Gasteiger partial charge is 0.390 e. The van der Waals surface area contributed by atoms with E-state index in [1.807, 2.05) is 12.1 Å². The highest BCUT2D eigenvalue weighted by Gasteiger charge is 2.19. The predicted octanol–water partition coefficient (Wildman–Crippen LogP) is 2.31. The van der Waals surface area contributed by atoms with Gasteiger partial charge in [0.2, 0.25) is 0 Å². The fraction of sp³-hybridized carbons (Fsp3) is 0.583. The van der Waals surface area contributed by atoms with E-state index in [4.69, 9.17) is 5.11 Å². The first kappa shape index (κ1) is 9.66. The summed E-state index contributed by atoms with van der Waals surface area (Å²) in [6.07, 6.45) is 8.46. The fourth-order valence-electron chi connectivity index (χ4n) is 1.77. The van der Waals surface area contributed by atoms with Crippen LogP contribution in [0.15, 0.2) is 18.3 Å². The number of rotatable bonds is 5. The van der Waals surface area contributed by atoms with Gasteiger partial charge in [-0.2, -0.15) is 0 Å². The van der Waals surface area contributed by atoms with Gasteiger partial charge in [-0.3, -0.25) is 4.98 Å². The van der Waals surface area contributed by atoms with Crippen LogP contribution in [0.4, 0.5) is 0 Å². The summed E-state index contributed by atoms with van der Waals surface area (Å²) >= 11 is 0. The van der Waals surface area contributed by atoms with Crippen LogP contribution in [0.3, 0.4) is 0 Å². The summed E-state index contributed by atoms with van der Waals surface area (Å²) in [6.45, 7) is 0.0520. The maximum absolute atomic E-state index is 8.92. The molecule has 2 rings (SSSR count). The Hall–Kier alpha value is -0.890. The number of hydrogen-bond acceptors (Lipinski definition) is 2. The van der Waals surface area contributed by atoms with Crippen molar-refractivity contribution in [2.75, 3.05) is 0 Å². The van der Waals surface area contributed by atoms with Crippen molar-refractivity contribution in [3.63, 3.8) is 0 Å². The molecule has 1 heterocycles. The van der Waals surface area contributed by atoms with Crippen molar-refractivity contribution in [1.82, 2.24) is 4.98 Å². The van der Waals surface area contributed by atoms with Crippen molar-refractivity contribution in [1.29, 1.82) is 0 Å². The van der Waals surface area contributed by atoms with Crippen LogP contribution >= 0.6 is 0 Å². The van der Waals surface area contributed by atoms with Gasteiger partial charge in [-0.25, -0.2) is 0 Å². The van der Waals surface area contributed by atoms with Gasteiger partial charge in [0.1, 0.15) is 0 Å². The number of hydrogen-bond donors (Lipinski definition) is 1. The minimum atomic E-state index is 0.0520. The van der Waals surface area contributed by atoms with Crippen LogP contribution in [0.5, 0.6) is 0 Å². The third kappa shape index (κ3) is 2.81. The smallest absolute Gasteiger partial charge is 0.0853 e. The summed E-state index contributed by atoms with van der Waals surface area (Å²) in [5, 5.41) is 8.92. The van der Waals surface area contributed by atoms with Gasteiger partial charge in [-0.15, -0.1) is 0 Å². The second kappa shape index (κ2) is 4.56. The van der Waals surface area contributed by atoms with Gasteiger partial charge >= 0.3 is 0 Å². The van der Waals surface area contributed by atoms with Crippen LogP contribution in [-0.4, -0.2) is 10.1 Å². The highest BCUT2D eigenvalue weighted by Crippen LogP contribution is 2.33. The molecule has 1 aromatic rings. The lowest BCUT2D eigenvalue weighted by Gasteiger charge is -2.02. The molecule has 0 saturated heterocycles. The molecule has 1 saturated carbocycles. The molecule has 0 aromatic carbocycles. The van der Waals surface area contributed by atoms with Gasteiger partial charge in [-0.05, 0) is 36.5 Å². The topological polar surface area (TPSA) is 33.1 Å². The van der Waals surface area contributed by atoms with E-state index < -0.39 is 0 Å². The second-order valence-corrected chi connectivity index (χ2v) is 4.15. The van der Waals surface area contributed by atoms with Crippen molar-refractivity contribution in [3.8, 4) is 0 Å². The normalized spacial score (nSPS) is 15.8. The van der Waals surface area contributed by atoms with Crippen molar-refractivity contribution in [2.45, 2.75) is 38.7 Å². The summed E-state index contributed by atoms with van der Waals surface area (Å²) < 4.78 is 0. The summed E-state index contributed by atoms with van der Waals surface area (Å²) in [6, 6.07) is 4.05. The molecule has 76 valence electrons. The second-order valence-electron chi connectivity index (χ2n) is 4.15. The van der Waals surface area contributed by atoms with Crippen LogP contribution in [-0.2, 0) is 13.0 Å². The van der Waals surface area contributed by atoms with E-state index in [0.717, 1.165) is 18.0 Å². The van der Waals surface area contributed by atoms with E-state index in [1.54, 1.807) is 6.20 Å². The zero-order valence-corrected chi connectivity index (χ0v) is 8.45. The van der Waals surface area contributed by atoms with E-state index in [-0.39, 0.29) is 6.61 Å². The van der Waals surface area contributed by atoms with E-state index in [2.05, 4.69) is 4.98 Å². The molecule has 1 fully saturated rings. The Kier molecular flexibility index (Phi) is 3.14. The van der Waals surface area contributed by atoms with Gasteiger partial charge in [-0.1, -0.05) is 19.3 Å². The molecular formula is C12H17NO. The summed E-state index contributed by atoms with van der Waals surface area (Å²) in [7, 11) is 0. The highest BCUT2D eigenvalue weighted by molar-refractivity contribution is 5.15. The maximum Gasteiger partial charge on any atom is 0.0853 e. The Balaban J connectivity index is 1.81. The summed E-state index contributed by atoms with van der Waals surface area (Å²) in [5.41, 5.74) is 2.10. The SMILES string of the molecule is OCc1cc(CCCC2CC2)ccn1. The molecule has 0 bridgehead atoms. The molecule has 2 nitrogen and oxygen atoms in total. The minimum absolute atomic E-state index is 0.0520. The number of nitrogens with zero attached hydrogens (tertiary/aromatic N) is 1. The summed E-state index contributed by atoms with van der Waals surface area (Å²) in [4.78, 5) is 4.06. The van der Waals surface area contributed by atoms with Crippen LogP contribution < -0.4 is 0 Å². The van der Waals surface area contributed by atoms with Crippen molar-refractivity contribution < 1.29 is 5.11 Å². The molecule has 1 aliphatic rings. The van der Waals surface area contributed by atoms with E-state index >= 15 is 0 Å². The maximum atomic E-state index is 8.92. The van der Waals surface area contributed by atoms with E-state index in [1.165, 1.54) is 31.2 Å². The molecule has 1 aromatic heterocycles. The number of aliphatic hydroxyl groups excluding tert-OH is 1. The average molecular weight is 191 g/mol. The molecule has 0 aliphatic heterocycles. The lowest BCUT2D eigenvalue weighted by molar-refractivity contribution is 0.276. The fourth-order valence-corrected chi connectivity index (χ4v) is 1.77. The molecule has 1 N–H and O–H groups in total. The van der Waals surface area contributed by atoms with Crippen LogP contribution in [0, 0.1) is 5.92 Å². The number of aryl methyl sites for hydroxylation is 1. The highest BCUT2D eigenvalue weighted by atomic mass is 16.3. The first-order chi connectivity index (χ1) is 6.88. The molecule has 0 amide bonds. The standard InChI is InChI=1S/C12H17NO/c14-9-12-8-11(6-7-13-12)3-1-2-10-4-5-10/h6-8,10,14H,1-5,9H2. The predicted molar refractivity (Wildman–Crippen MR) is 55.8 cm³/mol. The Morgan fingerprint density at radius 2 is 2.29 bits per heavy atom. The van der Waals surface area contributed by atoms with E-state index in [0.29, 0.717) is 0 Å². The average Bonchev–Trinajstić information content (AvgIpc) is 3.02. The summed E-state index contributed by atoms with van der Waals surface area (Å²) in [5.74, 6) is 1.02. The lowest BCUT2D eigenvalue weighted by Crippen LogP contribution is -1.92. The van der Waals surface area contributed by atoms with Crippen LogP contribution in [0.25, 0.3) is 0 Å². The lowest BCUT2D eigenvalue weighted by atomic mass is 10.1. The van der Waals surface area contributed by atoms with Crippen molar-refractivity contribution in [3.05, 3.63) is 29.6 Å². The van der Waals surface area contributed by atoms with Gasteiger partial charge < -0.3 is 5.11 Å². The van der Waals surface area contributed by atoms with Crippen LogP contribution in [0.1, 0.15) is 36.9 Å².